The van der Waals surface area contributed by atoms with Crippen LogP contribution in [0.4, 0.5) is 5.69 Å². The average Bonchev–Trinajstić information content (AvgIpc) is 3.25. The van der Waals surface area contributed by atoms with Gasteiger partial charge in [0.1, 0.15) is 5.69 Å². The molecule has 0 bridgehead atoms. The number of carbonyl (C=O) groups excluding carboxylic acids is 1. The second-order valence-corrected chi connectivity index (χ2v) is 10.9. The molecule has 4 rings (SSSR count). The van der Waals surface area contributed by atoms with E-state index in [0.29, 0.717) is 46.3 Å². The number of hydrogen-bond acceptors (Lipinski definition) is 5. The molecule has 1 aliphatic rings. The Morgan fingerprint density at radius 1 is 1.20 bits per heavy atom. The number of rotatable bonds is 8. The fourth-order valence-electron chi connectivity index (χ4n) is 4.26. The van der Waals surface area contributed by atoms with Gasteiger partial charge in [-0.3, -0.25) is 14.2 Å². The number of hydrogen-bond donors (Lipinski definition) is 1. The summed E-state index contributed by atoms with van der Waals surface area (Å²) in [5, 5.41) is 14.2. The molecule has 1 amide bonds. The second kappa shape index (κ2) is 10.1. The van der Waals surface area contributed by atoms with Gasteiger partial charge < -0.3 is 4.90 Å². The SMILES string of the molecule is CCCCC1CN(Cc2ccc(C#N)cc2)C(=O)c2cc(-c3ccc(Cl)cc3NS(C)(=O)=O)nn21. The van der Waals surface area contributed by atoms with E-state index in [4.69, 9.17) is 22.0 Å². The number of amides is 1. The molecule has 0 saturated heterocycles. The molecule has 1 atom stereocenters. The van der Waals surface area contributed by atoms with E-state index in [0.717, 1.165) is 31.1 Å². The zero-order chi connectivity index (χ0) is 25.2. The summed E-state index contributed by atoms with van der Waals surface area (Å²) >= 11 is 6.11. The van der Waals surface area contributed by atoms with Crippen molar-refractivity contribution >= 4 is 33.2 Å². The van der Waals surface area contributed by atoms with Crippen molar-refractivity contribution in [2.45, 2.75) is 38.8 Å². The van der Waals surface area contributed by atoms with Gasteiger partial charge in [-0.05, 0) is 48.4 Å². The van der Waals surface area contributed by atoms with Crippen molar-refractivity contribution in [3.8, 4) is 17.3 Å². The van der Waals surface area contributed by atoms with Crippen LogP contribution in [-0.4, -0.2) is 41.8 Å². The molecule has 35 heavy (non-hydrogen) atoms. The van der Waals surface area contributed by atoms with Crippen molar-refractivity contribution < 1.29 is 13.2 Å². The van der Waals surface area contributed by atoms with Crippen LogP contribution in [-0.2, 0) is 16.6 Å². The molecule has 0 saturated carbocycles. The first-order chi connectivity index (χ1) is 16.7. The van der Waals surface area contributed by atoms with Gasteiger partial charge in [0.2, 0.25) is 10.0 Å². The predicted octanol–water partition coefficient (Wildman–Crippen LogP) is 4.83. The topological polar surface area (TPSA) is 108 Å². The van der Waals surface area contributed by atoms with Gasteiger partial charge in [0, 0.05) is 23.7 Å². The Labute approximate surface area is 210 Å². The number of carbonyl (C=O) groups is 1. The van der Waals surface area contributed by atoms with E-state index in [9.17, 15) is 13.2 Å². The lowest BCUT2D eigenvalue weighted by Gasteiger charge is -2.33. The number of anilines is 1. The largest absolute Gasteiger partial charge is 0.331 e. The zero-order valence-electron chi connectivity index (χ0n) is 19.5. The normalized spacial score (nSPS) is 15.5. The van der Waals surface area contributed by atoms with Crippen LogP contribution in [0, 0.1) is 11.3 Å². The van der Waals surface area contributed by atoms with Crippen molar-refractivity contribution in [2.24, 2.45) is 0 Å². The molecule has 8 nitrogen and oxygen atoms in total. The van der Waals surface area contributed by atoms with Gasteiger partial charge >= 0.3 is 0 Å². The molecule has 0 spiro atoms. The molecule has 182 valence electrons. The highest BCUT2D eigenvalue weighted by Crippen LogP contribution is 2.34. The van der Waals surface area contributed by atoms with E-state index in [1.807, 2.05) is 12.1 Å². The highest BCUT2D eigenvalue weighted by atomic mass is 35.5. The van der Waals surface area contributed by atoms with Gasteiger partial charge in [0.05, 0.1) is 35.3 Å². The van der Waals surface area contributed by atoms with E-state index in [2.05, 4.69) is 17.7 Å². The molecule has 2 aromatic carbocycles. The molecule has 1 unspecified atom stereocenters. The summed E-state index contributed by atoms with van der Waals surface area (Å²) in [5.41, 5.74) is 3.32. The Kier molecular flexibility index (Phi) is 7.15. The molecule has 3 aromatic rings. The summed E-state index contributed by atoms with van der Waals surface area (Å²) in [6.45, 7) is 3.06. The minimum Gasteiger partial charge on any atom is -0.331 e. The maximum Gasteiger partial charge on any atom is 0.272 e. The number of nitrogens with one attached hydrogen (secondary N) is 1. The summed E-state index contributed by atoms with van der Waals surface area (Å²) in [5.74, 6) is -0.146. The minimum atomic E-state index is -3.55. The van der Waals surface area contributed by atoms with Gasteiger partial charge in [-0.2, -0.15) is 10.4 Å². The quantitative estimate of drug-likeness (QED) is 0.465. The van der Waals surface area contributed by atoms with Crippen LogP contribution in [0.3, 0.4) is 0 Å². The molecule has 2 heterocycles. The maximum absolute atomic E-state index is 13.5. The summed E-state index contributed by atoms with van der Waals surface area (Å²) in [6, 6.07) is 15.9. The number of halogens is 1. The fraction of sp³-hybridized carbons (Fsp3) is 0.320. The van der Waals surface area contributed by atoms with E-state index in [1.54, 1.807) is 39.9 Å². The number of nitrogens with zero attached hydrogens (tertiary/aromatic N) is 4. The monoisotopic (exact) mass is 511 g/mol. The van der Waals surface area contributed by atoms with Gasteiger partial charge in [0.25, 0.3) is 5.91 Å². The standard InChI is InChI=1S/C25H26ClN5O3S/c1-3-4-5-20-16-30(15-18-8-6-17(14-27)7-9-18)25(32)24-13-22(28-31(20)24)21-11-10-19(26)12-23(21)29-35(2,33)34/h6-13,20,29H,3-5,15-16H2,1-2H3. The highest BCUT2D eigenvalue weighted by molar-refractivity contribution is 7.92. The van der Waals surface area contributed by atoms with Crippen LogP contribution >= 0.6 is 11.6 Å². The van der Waals surface area contributed by atoms with Crippen LogP contribution < -0.4 is 4.72 Å². The molecular formula is C25H26ClN5O3S. The number of unbranched alkanes of at least 4 members (excludes halogenated alkanes) is 1. The number of fused-ring (bicyclic) bond motifs is 1. The van der Waals surface area contributed by atoms with Crippen molar-refractivity contribution in [3.05, 3.63) is 70.4 Å². The average molecular weight is 512 g/mol. The van der Waals surface area contributed by atoms with Crippen molar-refractivity contribution in [1.29, 1.82) is 5.26 Å². The molecular weight excluding hydrogens is 486 g/mol. The van der Waals surface area contributed by atoms with Crippen molar-refractivity contribution in [2.75, 3.05) is 17.5 Å². The van der Waals surface area contributed by atoms with E-state index >= 15 is 0 Å². The smallest absolute Gasteiger partial charge is 0.272 e. The third-order valence-corrected chi connectivity index (χ3v) is 6.75. The number of sulfonamides is 1. The van der Waals surface area contributed by atoms with Crippen LogP contribution in [0.15, 0.2) is 48.5 Å². The molecule has 0 radical (unpaired) electrons. The number of nitriles is 1. The Bertz CT molecular complexity index is 1390. The minimum absolute atomic E-state index is 0.00611. The molecule has 0 aliphatic carbocycles. The lowest BCUT2D eigenvalue weighted by Crippen LogP contribution is -2.42. The van der Waals surface area contributed by atoms with Crippen LogP contribution in [0.5, 0.6) is 0 Å². The third-order valence-electron chi connectivity index (χ3n) is 5.92. The molecule has 1 aromatic heterocycles. The molecule has 1 N–H and O–H groups in total. The Morgan fingerprint density at radius 2 is 1.94 bits per heavy atom. The van der Waals surface area contributed by atoms with Crippen molar-refractivity contribution in [1.82, 2.24) is 14.7 Å². The van der Waals surface area contributed by atoms with Crippen molar-refractivity contribution in [3.63, 3.8) is 0 Å². The highest BCUT2D eigenvalue weighted by Gasteiger charge is 2.33. The third kappa shape index (κ3) is 5.66. The maximum atomic E-state index is 13.5. The Balaban J connectivity index is 1.71. The predicted molar refractivity (Wildman–Crippen MR) is 136 cm³/mol. The van der Waals surface area contributed by atoms with Crippen LogP contribution in [0.2, 0.25) is 5.02 Å². The number of aromatic nitrogens is 2. The van der Waals surface area contributed by atoms with Gasteiger partial charge in [-0.1, -0.05) is 43.5 Å². The summed E-state index contributed by atoms with van der Waals surface area (Å²) < 4.78 is 28.1. The number of benzene rings is 2. The second-order valence-electron chi connectivity index (χ2n) is 8.71. The molecule has 10 heteroatoms. The summed E-state index contributed by atoms with van der Waals surface area (Å²) in [7, 11) is -3.55. The van der Waals surface area contributed by atoms with E-state index < -0.39 is 10.0 Å². The summed E-state index contributed by atoms with van der Waals surface area (Å²) in [4.78, 5) is 15.3. The fourth-order valence-corrected chi connectivity index (χ4v) is 5.00. The van der Waals surface area contributed by atoms with Gasteiger partial charge in [-0.25, -0.2) is 8.42 Å². The molecule has 0 fully saturated rings. The Hall–Kier alpha value is -3.35. The lowest BCUT2D eigenvalue weighted by atomic mass is 10.0. The van der Waals surface area contributed by atoms with Crippen LogP contribution in [0.25, 0.3) is 11.3 Å². The van der Waals surface area contributed by atoms with Crippen LogP contribution in [0.1, 0.15) is 53.8 Å². The first kappa shape index (κ1) is 24.8. The van der Waals surface area contributed by atoms with Gasteiger partial charge in [0.15, 0.2) is 0 Å². The lowest BCUT2D eigenvalue weighted by molar-refractivity contribution is 0.0635. The van der Waals surface area contributed by atoms with Gasteiger partial charge in [-0.15, -0.1) is 0 Å². The van der Waals surface area contributed by atoms with E-state index in [-0.39, 0.29) is 11.9 Å². The first-order valence-electron chi connectivity index (χ1n) is 11.3. The molecule has 1 aliphatic heterocycles. The zero-order valence-corrected chi connectivity index (χ0v) is 21.1. The Morgan fingerprint density at radius 3 is 2.60 bits per heavy atom. The van der Waals surface area contributed by atoms with E-state index in [1.165, 1.54) is 6.07 Å². The summed E-state index contributed by atoms with van der Waals surface area (Å²) in [6.07, 6.45) is 3.93. The first-order valence-corrected chi connectivity index (χ1v) is 13.6.